The maximum absolute atomic E-state index is 12.4. The largest absolute Gasteiger partial charge is 0.478 e. The first-order valence-corrected chi connectivity index (χ1v) is 8.59. The highest BCUT2D eigenvalue weighted by Crippen LogP contribution is 2.21. The Kier molecular flexibility index (Phi) is 5.82. The van der Waals surface area contributed by atoms with Crippen molar-refractivity contribution >= 4 is 17.8 Å². The molecule has 0 bridgehead atoms. The number of nitrogens with zero attached hydrogens (tertiary/aromatic N) is 1. The van der Waals surface area contributed by atoms with Crippen molar-refractivity contribution in [2.45, 2.75) is 46.6 Å². The first-order valence-electron chi connectivity index (χ1n) is 8.59. The van der Waals surface area contributed by atoms with E-state index in [-0.39, 0.29) is 17.4 Å². The lowest BCUT2D eigenvalue weighted by atomic mass is 9.95. The zero-order valence-electron chi connectivity index (χ0n) is 15.1. The van der Waals surface area contributed by atoms with Crippen LogP contribution in [0.2, 0.25) is 0 Å². The van der Waals surface area contributed by atoms with Gasteiger partial charge in [-0.1, -0.05) is 26.8 Å². The summed E-state index contributed by atoms with van der Waals surface area (Å²) in [7, 11) is 0. The number of benzene rings is 1. The monoisotopic (exact) mass is 346 g/mol. The molecule has 0 saturated carbocycles. The molecule has 0 unspecified atom stereocenters. The summed E-state index contributed by atoms with van der Waals surface area (Å²) in [5.41, 5.74) is 1.83. The number of carbonyl (C=O) groups is 3. The third-order valence-electron chi connectivity index (χ3n) is 4.35. The highest BCUT2D eigenvalue weighted by atomic mass is 16.4. The fourth-order valence-electron chi connectivity index (χ4n) is 2.77. The zero-order chi connectivity index (χ0) is 18.6. The van der Waals surface area contributed by atoms with Crippen molar-refractivity contribution in [3.8, 4) is 0 Å². The lowest BCUT2D eigenvalue weighted by molar-refractivity contribution is -0.133. The van der Waals surface area contributed by atoms with Gasteiger partial charge in [0.25, 0.3) is 0 Å². The van der Waals surface area contributed by atoms with Crippen LogP contribution in [0, 0.1) is 5.41 Å². The number of carboxylic acids is 1. The molecule has 1 heterocycles. The minimum absolute atomic E-state index is 0.0203. The molecule has 6 nitrogen and oxygen atoms in total. The van der Waals surface area contributed by atoms with E-state index in [0.29, 0.717) is 32.5 Å². The molecule has 0 atom stereocenters. The molecular weight excluding hydrogens is 320 g/mol. The van der Waals surface area contributed by atoms with Crippen molar-refractivity contribution in [2.24, 2.45) is 5.41 Å². The Balaban J connectivity index is 1.85. The smallest absolute Gasteiger partial charge is 0.335 e. The van der Waals surface area contributed by atoms with Crippen LogP contribution in [0.25, 0.3) is 0 Å². The second kappa shape index (κ2) is 7.68. The highest BCUT2D eigenvalue weighted by molar-refractivity contribution is 5.88. The molecular formula is C19H26N2O4. The fraction of sp³-hybridized carbons (Fsp3) is 0.526. The standard InChI is InChI=1S/C19H26N2O4/c1-19(2,3)18(25)20-9-4-5-16(22)21-10-8-13-6-7-14(17(23)24)11-15(13)12-21/h6-7,11H,4-5,8-10,12H2,1-3H3,(H,20,25)(H,23,24). The number of fused-ring (bicyclic) bond motifs is 1. The van der Waals surface area contributed by atoms with Crippen LogP contribution in [0.5, 0.6) is 0 Å². The predicted octanol–water partition coefficient (Wildman–Crippen LogP) is 2.21. The molecule has 25 heavy (non-hydrogen) atoms. The predicted molar refractivity (Wildman–Crippen MR) is 94.2 cm³/mol. The van der Waals surface area contributed by atoms with Gasteiger partial charge < -0.3 is 15.3 Å². The van der Waals surface area contributed by atoms with Gasteiger partial charge in [0.05, 0.1) is 5.56 Å². The van der Waals surface area contributed by atoms with Gasteiger partial charge in [0, 0.05) is 31.5 Å². The minimum atomic E-state index is -0.958. The Morgan fingerprint density at radius 3 is 2.56 bits per heavy atom. The normalized spacial score (nSPS) is 14.0. The van der Waals surface area contributed by atoms with Crippen LogP contribution in [0.1, 0.15) is 55.1 Å². The summed E-state index contributed by atoms with van der Waals surface area (Å²) in [4.78, 5) is 37.0. The van der Waals surface area contributed by atoms with E-state index in [1.54, 1.807) is 17.0 Å². The van der Waals surface area contributed by atoms with Gasteiger partial charge in [-0.15, -0.1) is 0 Å². The minimum Gasteiger partial charge on any atom is -0.478 e. The van der Waals surface area contributed by atoms with Crippen molar-refractivity contribution in [3.05, 3.63) is 34.9 Å². The van der Waals surface area contributed by atoms with Crippen molar-refractivity contribution in [1.29, 1.82) is 0 Å². The van der Waals surface area contributed by atoms with Crippen LogP contribution >= 0.6 is 0 Å². The second-order valence-corrected chi connectivity index (χ2v) is 7.46. The fourth-order valence-corrected chi connectivity index (χ4v) is 2.77. The summed E-state index contributed by atoms with van der Waals surface area (Å²) < 4.78 is 0. The van der Waals surface area contributed by atoms with Crippen LogP contribution < -0.4 is 5.32 Å². The molecule has 136 valence electrons. The number of rotatable bonds is 5. The molecule has 0 radical (unpaired) electrons. The van der Waals surface area contributed by atoms with Crippen molar-refractivity contribution in [2.75, 3.05) is 13.1 Å². The Hall–Kier alpha value is -2.37. The SMILES string of the molecule is CC(C)(C)C(=O)NCCCC(=O)N1CCc2ccc(C(=O)O)cc2C1. The molecule has 2 amide bonds. The first-order chi connectivity index (χ1) is 11.7. The third kappa shape index (κ3) is 5.05. The number of aromatic carboxylic acids is 1. The molecule has 2 rings (SSSR count). The summed E-state index contributed by atoms with van der Waals surface area (Å²) in [6.45, 7) is 7.13. The molecule has 0 saturated heterocycles. The Morgan fingerprint density at radius 2 is 1.92 bits per heavy atom. The molecule has 1 aliphatic rings. The average molecular weight is 346 g/mol. The van der Waals surface area contributed by atoms with Gasteiger partial charge in [-0.05, 0) is 36.1 Å². The maximum Gasteiger partial charge on any atom is 0.335 e. The maximum atomic E-state index is 12.4. The highest BCUT2D eigenvalue weighted by Gasteiger charge is 2.22. The number of nitrogens with one attached hydrogen (secondary N) is 1. The van der Waals surface area contributed by atoms with Crippen molar-refractivity contribution < 1.29 is 19.5 Å². The van der Waals surface area contributed by atoms with Crippen LogP contribution in [-0.4, -0.2) is 40.9 Å². The summed E-state index contributed by atoms with van der Waals surface area (Å²) in [6.07, 6.45) is 1.71. The van der Waals surface area contributed by atoms with E-state index in [4.69, 9.17) is 5.11 Å². The van der Waals surface area contributed by atoms with Gasteiger partial charge >= 0.3 is 5.97 Å². The molecule has 1 aliphatic heterocycles. The quantitative estimate of drug-likeness (QED) is 0.800. The number of hydrogen-bond acceptors (Lipinski definition) is 3. The number of carboxylic acid groups (broad SMARTS) is 1. The molecule has 1 aromatic carbocycles. The Bertz CT molecular complexity index is 676. The first kappa shape index (κ1) is 19.0. The van der Waals surface area contributed by atoms with E-state index in [9.17, 15) is 14.4 Å². The van der Waals surface area contributed by atoms with E-state index >= 15 is 0 Å². The third-order valence-corrected chi connectivity index (χ3v) is 4.35. The summed E-state index contributed by atoms with van der Waals surface area (Å²) in [5.74, 6) is -0.940. The van der Waals surface area contributed by atoms with Gasteiger partial charge in [0.15, 0.2) is 0 Å². The van der Waals surface area contributed by atoms with E-state index in [1.807, 2.05) is 26.8 Å². The molecule has 6 heteroatoms. The zero-order valence-corrected chi connectivity index (χ0v) is 15.1. The molecule has 1 aromatic rings. The van der Waals surface area contributed by atoms with Gasteiger partial charge in [-0.2, -0.15) is 0 Å². The topological polar surface area (TPSA) is 86.7 Å². The van der Waals surface area contributed by atoms with E-state index in [2.05, 4.69) is 5.32 Å². The number of carbonyl (C=O) groups excluding carboxylic acids is 2. The summed E-state index contributed by atoms with van der Waals surface area (Å²) in [5, 5.41) is 11.9. The van der Waals surface area contributed by atoms with Crippen LogP contribution in [0.3, 0.4) is 0 Å². The Morgan fingerprint density at radius 1 is 1.20 bits per heavy atom. The lowest BCUT2D eigenvalue weighted by Gasteiger charge is -2.29. The van der Waals surface area contributed by atoms with Crippen LogP contribution in [0.4, 0.5) is 0 Å². The Labute approximate surface area is 148 Å². The van der Waals surface area contributed by atoms with Crippen LogP contribution in [-0.2, 0) is 22.6 Å². The van der Waals surface area contributed by atoms with Gasteiger partial charge in [-0.3, -0.25) is 9.59 Å². The lowest BCUT2D eigenvalue weighted by Crippen LogP contribution is -2.37. The van der Waals surface area contributed by atoms with Crippen molar-refractivity contribution in [1.82, 2.24) is 10.2 Å². The number of amides is 2. The van der Waals surface area contributed by atoms with Crippen LogP contribution in [0.15, 0.2) is 18.2 Å². The van der Waals surface area contributed by atoms with E-state index in [0.717, 1.165) is 17.5 Å². The summed E-state index contributed by atoms with van der Waals surface area (Å²) >= 11 is 0. The van der Waals surface area contributed by atoms with Gasteiger partial charge in [-0.25, -0.2) is 4.79 Å². The molecule has 0 aliphatic carbocycles. The molecule has 2 N–H and O–H groups in total. The molecule has 0 fully saturated rings. The average Bonchev–Trinajstić information content (AvgIpc) is 2.56. The van der Waals surface area contributed by atoms with Gasteiger partial charge in [0.1, 0.15) is 0 Å². The van der Waals surface area contributed by atoms with E-state index in [1.165, 1.54) is 0 Å². The van der Waals surface area contributed by atoms with Gasteiger partial charge in [0.2, 0.25) is 11.8 Å². The second-order valence-electron chi connectivity index (χ2n) is 7.46. The molecule has 0 spiro atoms. The number of hydrogen-bond donors (Lipinski definition) is 2. The summed E-state index contributed by atoms with van der Waals surface area (Å²) in [6, 6.07) is 5.10. The van der Waals surface area contributed by atoms with Crippen molar-refractivity contribution in [3.63, 3.8) is 0 Å². The molecule has 0 aromatic heterocycles. The van der Waals surface area contributed by atoms with E-state index < -0.39 is 11.4 Å².